The van der Waals surface area contributed by atoms with Crippen molar-refractivity contribution in [1.82, 2.24) is 5.32 Å². The number of rotatable bonds is 4. The number of carbonyl (C=O) groups excluding carboxylic acids is 1. The molecule has 0 spiro atoms. The van der Waals surface area contributed by atoms with Gasteiger partial charge >= 0.3 is 6.09 Å². The quantitative estimate of drug-likeness (QED) is 0.827. The molecule has 2 rings (SSSR count). The van der Waals surface area contributed by atoms with E-state index in [0.29, 0.717) is 10.0 Å². The largest absolute Gasteiger partial charge is 0.444 e. The molecule has 0 bridgehead atoms. The molecule has 0 radical (unpaired) electrons. The molecule has 23 heavy (non-hydrogen) atoms. The van der Waals surface area contributed by atoms with Crippen molar-refractivity contribution in [3.63, 3.8) is 0 Å². The minimum Gasteiger partial charge on any atom is -0.444 e. The van der Waals surface area contributed by atoms with Gasteiger partial charge in [0.1, 0.15) is 5.60 Å². The molecule has 4 nitrogen and oxygen atoms in total. The Labute approximate surface area is 147 Å². The van der Waals surface area contributed by atoms with Gasteiger partial charge in [-0.2, -0.15) is 0 Å². The van der Waals surface area contributed by atoms with E-state index < -0.39 is 17.8 Å². The second-order valence-electron chi connectivity index (χ2n) is 7.10. The summed E-state index contributed by atoms with van der Waals surface area (Å²) in [6, 6.07) is 5.04. The summed E-state index contributed by atoms with van der Waals surface area (Å²) in [5.41, 5.74) is 0.290. The van der Waals surface area contributed by atoms with Crippen LogP contribution >= 0.6 is 23.2 Å². The van der Waals surface area contributed by atoms with Gasteiger partial charge in [0.05, 0.1) is 22.2 Å². The van der Waals surface area contributed by atoms with Gasteiger partial charge in [0.25, 0.3) is 0 Å². The van der Waals surface area contributed by atoms with Gasteiger partial charge in [-0.05, 0) is 63.6 Å². The third-order valence-electron chi connectivity index (χ3n) is 3.91. The van der Waals surface area contributed by atoms with Gasteiger partial charge in [-0.3, -0.25) is 0 Å². The molecule has 2 N–H and O–H groups in total. The number of amides is 1. The monoisotopic (exact) mass is 359 g/mol. The normalized spacial score (nSPS) is 23.1. The summed E-state index contributed by atoms with van der Waals surface area (Å²) in [6.07, 6.45) is -0.0474. The topological polar surface area (TPSA) is 58.6 Å². The second kappa shape index (κ2) is 6.88. The van der Waals surface area contributed by atoms with Crippen LogP contribution in [0.15, 0.2) is 18.2 Å². The fourth-order valence-electron chi connectivity index (χ4n) is 2.75. The molecule has 1 aromatic rings. The summed E-state index contributed by atoms with van der Waals surface area (Å²) in [5, 5.41) is 13.6. The molecule has 4 atom stereocenters. The van der Waals surface area contributed by atoms with Crippen molar-refractivity contribution >= 4 is 29.3 Å². The van der Waals surface area contributed by atoms with E-state index in [9.17, 15) is 9.90 Å². The Kier molecular flexibility index (Phi) is 5.49. The third-order valence-corrected chi connectivity index (χ3v) is 4.65. The fourth-order valence-corrected chi connectivity index (χ4v) is 3.06. The Bertz CT molecular complexity index is 584. The molecule has 1 saturated carbocycles. The van der Waals surface area contributed by atoms with Crippen molar-refractivity contribution in [3.8, 4) is 0 Å². The molecule has 0 aliphatic heterocycles. The zero-order chi connectivity index (χ0) is 17.4. The predicted octanol–water partition coefficient (Wildman–Crippen LogP) is 4.58. The lowest BCUT2D eigenvalue weighted by atomic mass is 10.00. The lowest BCUT2D eigenvalue weighted by Gasteiger charge is -2.24. The minimum absolute atomic E-state index is 0.153. The van der Waals surface area contributed by atoms with Gasteiger partial charge in [-0.25, -0.2) is 4.79 Å². The minimum atomic E-state index is -0.570. The van der Waals surface area contributed by atoms with Gasteiger partial charge < -0.3 is 15.2 Å². The van der Waals surface area contributed by atoms with E-state index in [1.165, 1.54) is 0 Å². The van der Waals surface area contributed by atoms with Crippen LogP contribution in [-0.2, 0) is 4.74 Å². The van der Waals surface area contributed by atoms with Crippen LogP contribution in [0.2, 0.25) is 10.0 Å². The maximum absolute atomic E-state index is 12.1. The first-order valence-corrected chi connectivity index (χ1v) is 8.46. The summed E-state index contributed by atoms with van der Waals surface area (Å²) >= 11 is 12.1. The van der Waals surface area contributed by atoms with Crippen LogP contribution in [0.5, 0.6) is 0 Å². The van der Waals surface area contributed by atoms with E-state index in [1.54, 1.807) is 19.1 Å². The van der Waals surface area contributed by atoms with E-state index in [4.69, 9.17) is 27.9 Å². The molecule has 128 valence electrons. The van der Waals surface area contributed by atoms with Crippen LogP contribution < -0.4 is 5.32 Å². The molecule has 0 saturated heterocycles. The molecule has 1 amide bonds. The highest BCUT2D eigenvalue weighted by Gasteiger charge is 2.47. The van der Waals surface area contributed by atoms with E-state index in [2.05, 4.69) is 5.32 Å². The zero-order valence-electron chi connectivity index (χ0n) is 13.8. The number of nitrogens with one attached hydrogen (secondary N) is 1. The molecule has 0 heterocycles. The number of hydrogen-bond acceptors (Lipinski definition) is 3. The van der Waals surface area contributed by atoms with Crippen LogP contribution in [0.1, 0.15) is 45.7 Å². The van der Waals surface area contributed by atoms with Crippen LogP contribution in [0.3, 0.4) is 0 Å². The number of halogens is 2. The van der Waals surface area contributed by atoms with Crippen LogP contribution in [-0.4, -0.2) is 22.9 Å². The van der Waals surface area contributed by atoms with Gasteiger partial charge in [0.2, 0.25) is 0 Å². The highest BCUT2D eigenvalue weighted by Crippen LogP contribution is 2.49. The predicted molar refractivity (Wildman–Crippen MR) is 91.9 cm³/mol. The number of aliphatic hydroxyl groups excluding tert-OH is 1. The highest BCUT2D eigenvalue weighted by atomic mass is 35.5. The average Bonchev–Trinajstić information content (AvgIpc) is 3.17. The highest BCUT2D eigenvalue weighted by molar-refractivity contribution is 6.42. The van der Waals surface area contributed by atoms with Crippen LogP contribution in [0.4, 0.5) is 4.79 Å². The van der Waals surface area contributed by atoms with Crippen molar-refractivity contribution in [1.29, 1.82) is 0 Å². The number of hydrogen-bond donors (Lipinski definition) is 2. The number of alkyl carbamates (subject to hydrolysis) is 1. The number of carbonyl (C=O) groups is 1. The van der Waals surface area contributed by atoms with E-state index in [0.717, 1.165) is 12.0 Å². The van der Waals surface area contributed by atoms with Crippen molar-refractivity contribution in [3.05, 3.63) is 33.8 Å². The SMILES string of the molecule is CC(O)C1CC1C(NC(=O)OC(C)(C)C)c1ccc(Cl)c(Cl)c1. The second-order valence-corrected chi connectivity index (χ2v) is 7.92. The number of aliphatic hydroxyl groups is 1. The van der Waals surface area contributed by atoms with Crippen LogP contribution in [0, 0.1) is 11.8 Å². The first kappa shape index (κ1) is 18.4. The van der Waals surface area contributed by atoms with Gasteiger partial charge in [-0.1, -0.05) is 29.3 Å². The zero-order valence-corrected chi connectivity index (χ0v) is 15.3. The summed E-state index contributed by atoms with van der Waals surface area (Å²) in [6.45, 7) is 7.22. The van der Waals surface area contributed by atoms with Gasteiger partial charge in [0.15, 0.2) is 0 Å². The van der Waals surface area contributed by atoms with Crippen molar-refractivity contribution < 1.29 is 14.6 Å². The van der Waals surface area contributed by atoms with E-state index in [1.807, 2.05) is 26.8 Å². The average molecular weight is 360 g/mol. The first-order chi connectivity index (χ1) is 10.6. The van der Waals surface area contributed by atoms with Crippen molar-refractivity contribution in [2.75, 3.05) is 0 Å². The van der Waals surface area contributed by atoms with Gasteiger partial charge in [0, 0.05) is 0 Å². The molecule has 0 aromatic heterocycles. The molecule has 4 unspecified atom stereocenters. The van der Waals surface area contributed by atoms with Gasteiger partial charge in [-0.15, -0.1) is 0 Å². The summed E-state index contributed by atoms with van der Waals surface area (Å²) in [5.74, 6) is 0.309. The Morgan fingerprint density at radius 3 is 2.43 bits per heavy atom. The van der Waals surface area contributed by atoms with E-state index >= 15 is 0 Å². The van der Waals surface area contributed by atoms with Crippen molar-refractivity contribution in [2.45, 2.75) is 51.9 Å². The molecule has 6 heteroatoms. The van der Waals surface area contributed by atoms with Crippen LogP contribution in [0.25, 0.3) is 0 Å². The Hall–Kier alpha value is -0.970. The molecule has 1 aliphatic carbocycles. The van der Waals surface area contributed by atoms with Crippen molar-refractivity contribution in [2.24, 2.45) is 11.8 Å². The fraction of sp³-hybridized carbons (Fsp3) is 0.588. The summed E-state index contributed by atoms with van der Waals surface area (Å²) in [7, 11) is 0. The number of benzene rings is 1. The molecular formula is C17H23Cl2NO3. The van der Waals surface area contributed by atoms with E-state index in [-0.39, 0.29) is 17.9 Å². The summed E-state index contributed by atoms with van der Waals surface area (Å²) < 4.78 is 5.35. The Morgan fingerprint density at radius 2 is 1.96 bits per heavy atom. The lowest BCUT2D eigenvalue weighted by Crippen LogP contribution is -2.36. The third kappa shape index (κ3) is 5.00. The number of ether oxygens (including phenoxy) is 1. The first-order valence-electron chi connectivity index (χ1n) is 7.71. The lowest BCUT2D eigenvalue weighted by molar-refractivity contribution is 0.0490. The summed E-state index contributed by atoms with van der Waals surface area (Å²) in [4.78, 5) is 12.1. The smallest absolute Gasteiger partial charge is 0.408 e. The Balaban J connectivity index is 2.19. The maximum atomic E-state index is 12.1. The molecular weight excluding hydrogens is 337 g/mol. The Morgan fingerprint density at radius 1 is 1.30 bits per heavy atom. The standard InChI is InChI=1S/C17H23Cl2NO3/c1-9(21)11-8-12(11)15(20-16(22)23-17(2,3)4)10-5-6-13(18)14(19)7-10/h5-7,9,11-12,15,21H,8H2,1-4H3,(H,20,22). The molecule has 1 aromatic carbocycles. The molecule has 1 fully saturated rings. The maximum Gasteiger partial charge on any atom is 0.408 e. The molecule has 1 aliphatic rings.